The number of carbonyl (C=O) groups is 1. The second-order valence-electron chi connectivity index (χ2n) is 5.49. The van der Waals surface area contributed by atoms with Crippen LogP contribution in [0.2, 0.25) is 5.02 Å². The number of nitrogens with one attached hydrogen (secondary N) is 2. The number of hydrogen-bond donors (Lipinski definition) is 2. The van der Waals surface area contributed by atoms with Crippen LogP contribution in [0.15, 0.2) is 59.8 Å². The van der Waals surface area contributed by atoms with Gasteiger partial charge >= 0.3 is 0 Å². The molecule has 1 aromatic heterocycles. The van der Waals surface area contributed by atoms with Crippen molar-refractivity contribution in [1.82, 2.24) is 15.2 Å². The summed E-state index contributed by atoms with van der Waals surface area (Å²) in [5, 5.41) is 10.7. The molecule has 1 amide bonds. The van der Waals surface area contributed by atoms with Crippen molar-refractivity contribution in [3.63, 3.8) is 0 Å². The van der Waals surface area contributed by atoms with Crippen molar-refractivity contribution >= 4 is 35.0 Å². The number of rotatable bonds is 6. The largest absolute Gasteiger partial charge is 0.325 e. The molecule has 0 spiro atoms. The van der Waals surface area contributed by atoms with E-state index in [0.29, 0.717) is 22.3 Å². The fourth-order valence-electron chi connectivity index (χ4n) is 2.22. The summed E-state index contributed by atoms with van der Waals surface area (Å²) in [6, 6.07) is 17.1. The average molecular weight is 373 g/mol. The first-order valence-corrected chi connectivity index (χ1v) is 9.04. The molecule has 3 aromatic rings. The smallest absolute Gasteiger partial charge is 0.237 e. The number of aromatic nitrogens is 3. The van der Waals surface area contributed by atoms with Crippen LogP contribution in [-0.2, 0) is 11.2 Å². The number of aromatic amines is 1. The van der Waals surface area contributed by atoms with E-state index in [9.17, 15) is 4.79 Å². The number of H-pyrrole nitrogens is 1. The highest BCUT2D eigenvalue weighted by Gasteiger charge is 2.17. The fraction of sp³-hybridized carbons (Fsp3) is 0.167. The zero-order valence-corrected chi connectivity index (χ0v) is 15.1. The van der Waals surface area contributed by atoms with Gasteiger partial charge in [0.1, 0.15) is 5.82 Å². The lowest BCUT2D eigenvalue weighted by Crippen LogP contribution is -2.22. The quantitative estimate of drug-likeness (QED) is 0.637. The van der Waals surface area contributed by atoms with Gasteiger partial charge in [-0.1, -0.05) is 59.8 Å². The van der Waals surface area contributed by atoms with E-state index in [2.05, 4.69) is 20.5 Å². The van der Waals surface area contributed by atoms with Crippen LogP contribution in [0.25, 0.3) is 0 Å². The third-order valence-corrected chi connectivity index (χ3v) is 4.67. The summed E-state index contributed by atoms with van der Waals surface area (Å²) in [7, 11) is 0. The van der Waals surface area contributed by atoms with Gasteiger partial charge in [0.25, 0.3) is 0 Å². The number of benzene rings is 2. The molecule has 128 valence electrons. The normalized spacial score (nSPS) is 11.9. The van der Waals surface area contributed by atoms with E-state index >= 15 is 0 Å². The molecule has 0 saturated carbocycles. The lowest BCUT2D eigenvalue weighted by atomic mass is 10.1. The van der Waals surface area contributed by atoms with Crippen molar-refractivity contribution in [2.75, 3.05) is 5.32 Å². The first-order valence-electron chi connectivity index (χ1n) is 7.78. The minimum Gasteiger partial charge on any atom is -0.325 e. The highest BCUT2D eigenvalue weighted by Crippen LogP contribution is 2.22. The van der Waals surface area contributed by atoms with Crippen LogP contribution in [0, 0.1) is 0 Å². The summed E-state index contributed by atoms with van der Waals surface area (Å²) in [6.45, 7) is 1.82. The standard InChI is InChI=1S/C18H17ClN4OS/c1-12(17(24)20-15-9-5-8-14(19)11-15)25-18-21-16(22-23-18)10-13-6-3-2-4-7-13/h2-9,11-12H,10H2,1H3,(H,20,24)(H,21,22,23)/t12-/m0/s1. The van der Waals surface area contributed by atoms with Gasteiger partial charge in [-0.15, -0.1) is 5.10 Å². The Morgan fingerprint density at radius 1 is 1.24 bits per heavy atom. The van der Waals surface area contributed by atoms with Crippen LogP contribution in [0.5, 0.6) is 0 Å². The van der Waals surface area contributed by atoms with E-state index in [1.807, 2.05) is 37.3 Å². The molecule has 0 saturated heterocycles. The van der Waals surface area contributed by atoms with Crippen molar-refractivity contribution in [3.05, 3.63) is 71.0 Å². The maximum atomic E-state index is 12.3. The Balaban J connectivity index is 1.57. The highest BCUT2D eigenvalue weighted by molar-refractivity contribution is 8.00. The summed E-state index contributed by atoms with van der Waals surface area (Å²) in [4.78, 5) is 16.7. The van der Waals surface area contributed by atoms with Crippen molar-refractivity contribution < 1.29 is 4.79 Å². The number of amides is 1. The zero-order valence-electron chi connectivity index (χ0n) is 13.6. The summed E-state index contributed by atoms with van der Waals surface area (Å²) in [5.41, 5.74) is 1.83. The molecule has 0 fully saturated rings. The molecule has 1 heterocycles. The van der Waals surface area contributed by atoms with Gasteiger partial charge in [0.15, 0.2) is 0 Å². The lowest BCUT2D eigenvalue weighted by Gasteiger charge is -2.10. The SMILES string of the molecule is C[C@H](Sc1n[nH]c(Cc2ccccc2)n1)C(=O)Nc1cccc(Cl)c1. The molecular weight excluding hydrogens is 356 g/mol. The minimum atomic E-state index is -0.334. The van der Waals surface area contributed by atoms with E-state index in [1.54, 1.807) is 24.3 Å². The first kappa shape index (κ1) is 17.5. The molecule has 0 aliphatic heterocycles. The van der Waals surface area contributed by atoms with E-state index in [1.165, 1.54) is 11.8 Å². The highest BCUT2D eigenvalue weighted by atomic mass is 35.5. The van der Waals surface area contributed by atoms with E-state index in [0.717, 1.165) is 11.4 Å². The van der Waals surface area contributed by atoms with Crippen LogP contribution >= 0.6 is 23.4 Å². The molecule has 25 heavy (non-hydrogen) atoms. The topological polar surface area (TPSA) is 70.7 Å². The van der Waals surface area contributed by atoms with Crippen LogP contribution in [0.3, 0.4) is 0 Å². The Morgan fingerprint density at radius 3 is 2.80 bits per heavy atom. The Morgan fingerprint density at radius 2 is 2.04 bits per heavy atom. The molecule has 1 atom stereocenters. The van der Waals surface area contributed by atoms with Gasteiger partial charge in [-0.3, -0.25) is 9.89 Å². The summed E-state index contributed by atoms with van der Waals surface area (Å²) >= 11 is 7.23. The van der Waals surface area contributed by atoms with Crippen molar-refractivity contribution in [2.24, 2.45) is 0 Å². The molecule has 0 bridgehead atoms. The number of anilines is 1. The molecule has 0 unspecified atom stereocenters. The second-order valence-corrected chi connectivity index (χ2v) is 7.23. The molecule has 2 N–H and O–H groups in total. The molecule has 0 aliphatic rings. The Labute approximate surface area is 155 Å². The van der Waals surface area contributed by atoms with Crippen molar-refractivity contribution in [1.29, 1.82) is 0 Å². The number of carbonyl (C=O) groups excluding carboxylic acids is 1. The van der Waals surface area contributed by atoms with Gasteiger partial charge in [0.2, 0.25) is 11.1 Å². The molecule has 5 nitrogen and oxygen atoms in total. The van der Waals surface area contributed by atoms with Crippen LogP contribution in [0.4, 0.5) is 5.69 Å². The summed E-state index contributed by atoms with van der Waals surface area (Å²) < 4.78 is 0. The first-order chi connectivity index (χ1) is 12.1. The van der Waals surface area contributed by atoms with Gasteiger partial charge in [-0.05, 0) is 30.7 Å². The van der Waals surface area contributed by atoms with Crippen LogP contribution in [-0.4, -0.2) is 26.3 Å². The van der Waals surface area contributed by atoms with Gasteiger partial charge in [0.05, 0.1) is 5.25 Å². The van der Waals surface area contributed by atoms with Gasteiger partial charge in [-0.2, -0.15) is 0 Å². The maximum absolute atomic E-state index is 12.3. The fourth-order valence-corrected chi connectivity index (χ4v) is 3.15. The molecule has 7 heteroatoms. The predicted molar refractivity (Wildman–Crippen MR) is 101 cm³/mol. The van der Waals surface area contributed by atoms with Crippen molar-refractivity contribution in [3.8, 4) is 0 Å². The molecular formula is C18H17ClN4OS. The Bertz CT molecular complexity index is 853. The summed E-state index contributed by atoms with van der Waals surface area (Å²) in [6.07, 6.45) is 0.678. The van der Waals surface area contributed by atoms with Crippen molar-refractivity contribution in [2.45, 2.75) is 23.8 Å². The number of thioether (sulfide) groups is 1. The van der Waals surface area contributed by atoms with Crippen LogP contribution < -0.4 is 5.32 Å². The lowest BCUT2D eigenvalue weighted by molar-refractivity contribution is -0.115. The maximum Gasteiger partial charge on any atom is 0.237 e. The number of nitrogens with zero attached hydrogens (tertiary/aromatic N) is 2. The molecule has 0 aliphatic carbocycles. The van der Waals surface area contributed by atoms with Gasteiger partial charge in [0, 0.05) is 17.1 Å². The third-order valence-electron chi connectivity index (χ3n) is 3.47. The van der Waals surface area contributed by atoms with E-state index < -0.39 is 0 Å². The van der Waals surface area contributed by atoms with E-state index in [-0.39, 0.29) is 11.2 Å². The molecule has 3 rings (SSSR count). The minimum absolute atomic E-state index is 0.123. The Kier molecular flexibility index (Phi) is 5.73. The zero-order chi connectivity index (χ0) is 17.6. The number of halogens is 1. The van der Waals surface area contributed by atoms with Gasteiger partial charge < -0.3 is 5.32 Å². The Hall–Kier alpha value is -2.31. The summed E-state index contributed by atoms with van der Waals surface area (Å²) in [5.74, 6) is 0.651. The van der Waals surface area contributed by atoms with E-state index in [4.69, 9.17) is 11.6 Å². The second kappa shape index (κ2) is 8.18. The van der Waals surface area contributed by atoms with Gasteiger partial charge in [-0.25, -0.2) is 4.98 Å². The molecule has 2 aromatic carbocycles. The predicted octanol–water partition coefficient (Wildman–Crippen LogP) is 4.17. The number of hydrogen-bond acceptors (Lipinski definition) is 4. The molecule has 0 radical (unpaired) electrons. The third kappa shape index (κ3) is 5.08. The average Bonchev–Trinajstić information content (AvgIpc) is 3.02. The monoisotopic (exact) mass is 372 g/mol. The van der Waals surface area contributed by atoms with Crippen LogP contribution in [0.1, 0.15) is 18.3 Å².